The molecule has 1 rings (SSSR count). The van der Waals surface area contributed by atoms with Crippen molar-refractivity contribution in [3.8, 4) is 0 Å². The molecular formula is C10H17N3O2S. The second kappa shape index (κ2) is 7.19. The van der Waals surface area contributed by atoms with Crippen molar-refractivity contribution < 1.29 is 9.53 Å². The largest absolute Gasteiger partial charge is 0.450 e. The maximum Gasteiger partial charge on any atom is 0.404 e. The van der Waals surface area contributed by atoms with Gasteiger partial charge in [-0.15, -0.1) is 11.3 Å². The smallest absolute Gasteiger partial charge is 0.404 e. The fourth-order valence-corrected chi connectivity index (χ4v) is 1.84. The van der Waals surface area contributed by atoms with Crippen molar-refractivity contribution in [3.05, 3.63) is 16.1 Å². The molecule has 0 unspecified atom stereocenters. The minimum Gasteiger partial charge on any atom is -0.450 e. The lowest BCUT2D eigenvalue weighted by Gasteiger charge is -2.03. The number of ether oxygens (including phenoxy) is 1. The van der Waals surface area contributed by atoms with Gasteiger partial charge < -0.3 is 15.8 Å². The van der Waals surface area contributed by atoms with E-state index in [0.717, 1.165) is 36.6 Å². The predicted octanol–water partition coefficient (Wildman–Crippen LogP) is 1.42. The molecule has 0 aliphatic carbocycles. The summed E-state index contributed by atoms with van der Waals surface area (Å²) in [6.45, 7) is 4.07. The number of rotatable bonds is 7. The van der Waals surface area contributed by atoms with E-state index in [1.54, 1.807) is 11.3 Å². The Kier molecular flexibility index (Phi) is 5.81. The van der Waals surface area contributed by atoms with Crippen LogP contribution < -0.4 is 11.1 Å². The van der Waals surface area contributed by atoms with Crippen LogP contribution in [0.2, 0.25) is 0 Å². The third-order valence-electron chi connectivity index (χ3n) is 1.96. The summed E-state index contributed by atoms with van der Waals surface area (Å²) in [5.74, 6) is 0. The van der Waals surface area contributed by atoms with E-state index in [0.29, 0.717) is 6.61 Å². The summed E-state index contributed by atoms with van der Waals surface area (Å²) >= 11 is 1.66. The summed E-state index contributed by atoms with van der Waals surface area (Å²) in [5, 5.41) is 6.42. The number of carbonyl (C=O) groups is 1. The van der Waals surface area contributed by atoms with E-state index in [9.17, 15) is 4.79 Å². The maximum absolute atomic E-state index is 10.3. The van der Waals surface area contributed by atoms with Gasteiger partial charge in [-0.25, -0.2) is 9.78 Å². The molecule has 0 fully saturated rings. The Balaban J connectivity index is 1.94. The SMILES string of the molecule is Cc1nc(CNCCCCOC(N)=O)cs1. The molecule has 1 aromatic heterocycles. The third kappa shape index (κ3) is 5.67. The molecule has 3 N–H and O–H groups in total. The third-order valence-corrected chi connectivity index (χ3v) is 2.79. The lowest BCUT2D eigenvalue weighted by atomic mass is 10.3. The highest BCUT2D eigenvalue weighted by Gasteiger charge is 1.97. The Morgan fingerprint density at radius 3 is 3.06 bits per heavy atom. The fourth-order valence-electron chi connectivity index (χ4n) is 1.23. The highest BCUT2D eigenvalue weighted by Crippen LogP contribution is 2.07. The Bertz CT molecular complexity index is 328. The zero-order valence-electron chi connectivity index (χ0n) is 9.36. The van der Waals surface area contributed by atoms with Gasteiger partial charge in [0.1, 0.15) is 0 Å². The van der Waals surface area contributed by atoms with Crippen molar-refractivity contribution in [1.29, 1.82) is 0 Å². The summed E-state index contributed by atoms with van der Waals surface area (Å²) in [7, 11) is 0. The number of thiazole rings is 1. The van der Waals surface area contributed by atoms with Crippen LogP contribution in [-0.2, 0) is 11.3 Å². The molecule has 90 valence electrons. The molecule has 0 aromatic carbocycles. The zero-order chi connectivity index (χ0) is 11.8. The van der Waals surface area contributed by atoms with Gasteiger partial charge in [0.2, 0.25) is 0 Å². The number of carbonyl (C=O) groups excluding carboxylic acids is 1. The minimum atomic E-state index is -0.703. The highest BCUT2D eigenvalue weighted by atomic mass is 32.1. The lowest BCUT2D eigenvalue weighted by molar-refractivity contribution is 0.154. The van der Waals surface area contributed by atoms with Crippen LogP contribution in [0, 0.1) is 6.92 Å². The standard InChI is InChI=1S/C10H17N3O2S/c1-8-13-9(7-16-8)6-12-4-2-3-5-15-10(11)14/h7,12H,2-6H2,1H3,(H2,11,14). The maximum atomic E-state index is 10.3. The summed E-state index contributed by atoms with van der Waals surface area (Å²) in [4.78, 5) is 14.6. The number of primary amides is 1. The lowest BCUT2D eigenvalue weighted by Crippen LogP contribution is -2.17. The van der Waals surface area contributed by atoms with Crippen molar-refractivity contribution >= 4 is 17.4 Å². The monoisotopic (exact) mass is 243 g/mol. The van der Waals surface area contributed by atoms with Crippen LogP contribution in [-0.4, -0.2) is 24.2 Å². The van der Waals surface area contributed by atoms with Crippen LogP contribution in [0.25, 0.3) is 0 Å². The van der Waals surface area contributed by atoms with E-state index in [4.69, 9.17) is 5.73 Å². The van der Waals surface area contributed by atoms with Crippen LogP contribution >= 0.6 is 11.3 Å². The molecule has 0 radical (unpaired) electrons. The first-order valence-electron chi connectivity index (χ1n) is 5.22. The van der Waals surface area contributed by atoms with E-state index in [-0.39, 0.29) is 0 Å². The first kappa shape index (κ1) is 12.9. The van der Waals surface area contributed by atoms with E-state index in [2.05, 4.69) is 20.4 Å². The van der Waals surface area contributed by atoms with Crippen molar-refractivity contribution in [1.82, 2.24) is 10.3 Å². The highest BCUT2D eigenvalue weighted by molar-refractivity contribution is 7.09. The summed E-state index contributed by atoms with van der Waals surface area (Å²) in [6.07, 6.45) is 1.08. The summed E-state index contributed by atoms with van der Waals surface area (Å²) in [5.41, 5.74) is 5.91. The quantitative estimate of drug-likeness (QED) is 0.710. The predicted molar refractivity (Wildman–Crippen MR) is 63.3 cm³/mol. The molecule has 0 aliphatic heterocycles. The molecule has 1 aromatic rings. The molecule has 1 amide bonds. The van der Waals surface area contributed by atoms with Crippen LogP contribution in [0.1, 0.15) is 23.5 Å². The van der Waals surface area contributed by atoms with Gasteiger partial charge in [0.15, 0.2) is 0 Å². The fraction of sp³-hybridized carbons (Fsp3) is 0.600. The zero-order valence-corrected chi connectivity index (χ0v) is 10.2. The van der Waals surface area contributed by atoms with Crippen molar-refractivity contribution in [2.75, 3.05) is 13.2 Å². The van der Waals surface area contributed by atoms with Gasteiger partial charge >= 0.3 is 6.09 Å². The molecule has 1 heterocycles. The van der Waals surface area contributed by atoms with Gasteiger partial charge in [0, 0.05) is 11.9 Å². The average molecular weight is 243 g/mol. The van der Waals surface area contributed by atoms with Gasteiger partial charge in [-0.05, 0) is 26.3 Å². The van der Waals surface area contributed by atoms with E-state index >= 15 is 0 Å². The molecule has 0 bridgehead atoms. The van der Waals surface area contributed by atoms with E-state index in [1.165, 1.54) is 0 Å². The Labute approximate surface area is 99.0 Å². The first-order valence-corrected chi connectivity index (χ1v) is 6.10. The number of nitrogens with zero attached hydrogens (tertiary/aromatic N) is 1. The van der Waals surface area contributed by atoms with Crippen molar-refractivity contribution in [2.45, 2.75) is 26.3 Å². The van der Waals surface area contributed by atoms with Gasteiger partial charge in [0.25, 0.3) is 0 Å². The van der Waals surface area contributed by atoms with E-state index in [1.807, 2.05) is 6.92 Å². The number of aryl methyl sites for hydroxylation is 1. The molecule has 5 nitrogen and oxygen atoms in total. The number of hydrogen-bond acceptors (Lipinski definition) is 5. The normalized spacial score (nSPS) is 10.3. The second-order valence-corrected chi connectivity index (χ2v) is 4.47. The van der Waals surface area contributed by atoms with E-state index < -0.39 is 6.09 Å². The molecular weight excluding hydrogens is 226 g/mol. The Morgan fingerprint density at radius 1 is 1.62 bits per heavy atom. The topological polar surface area (TPSA) is 77.2 Å². The number of nitrogens with one attached hydrogen (secondary N) is 1. The Hall–Kier alpha value is -1.14. The van der Waals surface area contributed by atoms with Crippen LogP contribution in [0.15, 0.2) is 5.38 Å². The molecule has 0 atom stereocenters. The number of amides is 1. The average Bonchev–Trinajstić information content (AvgIpc) is 2.62. The van der Waals surface area contributed by atoms with Crippen LogP contribution in [0.4, 0.5) is 4.79 Å². The van der Waals surface area contributed by atoms with Crippen molar-refractivity contribution in [2.24, 2.45) is 5.73 Å². The molecule has 16 heavy (non-hydrogen) atoms. The van der Waals surface area contributed by atoms with Crippen molar-refractivity contribution in [3.63, 3.8) is 0 Å². The number of aromatic nitrogens is 1. The van der Waals surface area contributed by atoms with Gasteiger partial charge in [-0.1, -0.05) is 0 Å². The first-order chi connectivity index (χ1) is 7.68. The minimum absolute atomic E-state index is 0.396. The van der Waals surface area contributed by atoms with Gasteiger partial charge in [-0.3, -0.25) is 0 Å². The molecule has 0 saturated heterocycles. The molecule has 0 aliphatic rings. The second-order valence-electron chi connectivity index (χ2n) is 3.41. The molecule has 6 heteroatoms. The molecule has 0 saturated carbocycles. The van der Waals surface area contributed by atoms with Crippen LogP contribution in [0.5, 0.6) is 0 Å². The number of hydrogen-bond donors (Lipinski definition) is 2. The Morgan fingerprint density at radius 2 is 2.44 bits per heavy atom. The number of unbranched alkanes of at least 4 members (excludes halogenated alkanes) is 1. The summed E-state index contributed by atoms with van der Waals surface area (Å²) < 4.78 is 4.61. The molecule has 0 spiro atoms. The number of nitrogens with two attached hydrogens (primary N) is 1. The summed E-state index contributed by atoms with van der Waals surface area (Å²) in [6, 6.07) is 0. The van der Waals surface area contributed by atoms with Gasteiger partial charge in [0.05, 0.1) is 17.3 Å². The van der Waals surface area contributed by atoms with Crippen LogP contribution in [0.3, 0.4) is 0 Å². The van der Waals surface area contributed by atoms with Gasteiger partial charge in [-0.2, -0.15) is 0 Å².